The molecule has 4 rings (SSSR count). The van der Waals surface area contributed by atoms with Gasteiger partial charge in [0.25, 0.3) is 11.5 Å². The van der Waals surface area contributed by atoms with Crippen molar-refractivity contribution in [3.8, 4) is 0 Å². The van der Waals surface area contributed by atoms with Crippen LogP contribution in [0.4, 0.5) is 11.4 Å². The second-order valence-corrected chi connectivity index (χ2v) is 7.48. The molecule has 2 amide bonds. The summed E-state index contributed by atoms with van der Waals surface area (Å²) in [6.45, 7) is 3.75. The molecule has 1 fully saturated rings. The average Bonchev–Trinajstić information content (AvgIpc) is 3.16. The minimum absolute atomic E-state index is 0.00768. The van der Waals surface area contributed by atoms with E-state index in [-0.39, 0.29) is 18.0 Å². The van der Waals surface area contributed by atoms with E-state index in [9.17, 15) is 19.7 Å². The number of aryl methyl sites for hydroxylation is 2. The molecule has 1 atom stereocenters. The van der Waals surface area contributed by atoms with Crippen LogP contribution < -0.4 is 4.90 Å². The highest BCUT2D eigenvalue weighted by Gasteiger charge is 2.41. The Hall–Kier alpha value is -3.34. The highest BCUT2D eigenvalue weighted by molar-refractivity contribution is 8.00. The number of hydrogen-bond acceptors (Lipinski definition) is 8. The van der Waals surface area contributed by atoms with Crippen molar-refractivity contribution in [3.63, 3.8) is 0 Å². The normalized spacial score (nSPS) is 16.9. The fourth-order valence-corrected chi connectivity index (χ4v) is 4.20. The Labute approximate surface area is 162 Å². The number of carbonyl (C=O) groups is 2. The Balaban J connectivity index is 1.60. The fraction of sp³-hybridized carbons (Fsp3) is 0.235. The summed E-state index contributed by atoms with van der Waals surface area (Å²) in [5, 5.41) is 18.8. The quantitative estimate of drug-likeness (QED) is 0.372. The number of nitrogens with zero attached hydrogens (tertiary/aromatic N) is 6. The van der Waals surface area contributed by atoms with Gasteiger partial charge >= 0.3 is 0 Å². The molecule has 3 aromatic rings. The maximum atomic E-state index is 12.8. The zero-order valence-electron chi connectivity index (χ0n) is 14.9. The van der Waals surface area contributed by atoms with Crippen molar-refractivity contribution in [2.75, 3.05) is 4.90 Å². The number of anilines is 1. The van der Waals surface area contributed by atoms with Crippen molar-refractivity contribution in [1.29, 1.82) is 0 Å². The number of rotatable bonds is 4. The first-order valence-electron chi connectivity index (χ1n) is 8.32. The summed E-state index contributed by atoms with van der Waals surface area (Å²) in [6.07, 6.45) is 0.00768. The summed E-state index contributed by atoms with van der Waals surface area (Å²) in [4.78, 5) is 40.8. The van der Waals surface area contributed by atoms with Crippen LogP contribution in [0.5, 0.6) is 0 Å². The second kappa shape index (κ2) is 6.68. The summed E-state index contributed by atoms with van der Waals surface area (Å²) in [5.41, 5.74) is 1.88. The lowest BCUT2D eigenvalue weighted by atomic mass is 10.2. The molecule has 3 heterocycles. The van der Waals surface area contributed by atoms with Gasteiger partial charge in [0.15, 0.2) is 5.16 Å². The van der Waals surface area contributed by atoms with Crippen molar-refractivity contribution >= 4 is 40.7 Å². The van der Waals surface area contributed by atoms with Crippen molar-refractivity contribution in [3.05, 3.63) is 51.8 Å². The van der Waals surface area contributed by atoms with E-state index in [1.807, 2.05) is 19.9 Å². The topological polar surface area (TPSA) is 124 Å². The van der Waals surface area contributed by atoms with Gasteiger partial charge in [-0.2, -0.15) is 0 Å². The van der Waals surface area contributed by atoms with Crippen LogP contribution in [0.15, 0.2) is 35.5 Å². The van der Waals surface area contributed by atoms with Gasteiger partial charge in [0.2, 0.25) is 11.8 Å². The molecule has 0 saturated carbocycles. The molecule has 0 bridgehead atoms. The fourth-order valence-electron chi connectivity index (χ4n) is 3.09. The van der Waals surface area contributed by atoms with E-state index in [0.29, 0.717) is 16.6 Å². The number of hydrogen-bond donors (Lipinski definition) is 0. The summed E-state index contributed by atoms with van der Waals surface area (Å²) >= 11 is 1.15. The van der Waals surface area contributed by atoms with Gasteiger partial charge in [0.05, 0.1) is 10.6 Å². The lowest BCUT2D eigenvalue weighted by Crippen LogP contribution is -2.31. The van der Waals surface area contributed by atoms with Crippen molar-refractivity contribution in [1.82, 2.24) is 19.6 Å². The van der Waals surface area contributed by atoms with Gasteiger partial charge in [0, 0.05) is 29.9 Å². The molecule has 1 aromatic carbocycles. The van der Waals surface area contributed by atoms with Crippen LogP contribution in [0.3, 0.4) is 0 Å². The van der Waals surface area contributed by atoms with Gasteiger partial charge in [-0.05, 0) is 32.0 Å². The number of benzene rings is 1. The third-order valence-corrected chi connectivity index (χ3v) is 5.46. The summed E-state index contributed by atoms with van der Waals surface area (Å²) in [6, 6.07) is 7.19. The van der Waals surface area contributed by atoms with E-state index in [1.165, 1.54) is 24.3 Å². The van der Waals surface area contributed by atoms with Crippen LogP contribution in [-0.4, -0.2) is 41.6 Å². The number of non-ortho nitro benzene ring substituents is 1. The van der Waals surface area contributed by atoms with Crippen molar-refractivity contribution in [2.45, 2.75) is 30.7 Å². The average molecular weight is 398 g/mol. The molecule has 0 spiro atoms. The number of thioether (sulfide) groups is 1. The lowest BCUT2D eigenvalue weighted by Gasteiger charge is -2.14. The zero-order valence-corrected chi connectivity index (χ0v) is 15.7. The minimum Gasteiger partial charge on any atom is -0.274 e. The number of fused-ring (bicyclic) bond motifs is 1. The molecule has 0 aliphatic carbocycles. The smallest absolute Gasteiger partial charge is 0.269 e. The van der Waals surface area contributed by atoms with E-state index < -0.39 is 16.1 Å². The van der Waals surface area contributed by atoms with E-state index >= 15 is 0 Å². The van der Waals surface area contributed by atoms with Crippen LogP contribution in [-0.2, 0) is 9.59 Å². The number of nitro benzene ring substituents is 1. The molecular weight excluding hydrogens is 384 g/mol. The van der Waals surface area contributed by atoms with E-state index in [0.717, 1.165) is 28.0 Å². The first-order valence-corrected chi connectivity index (χ1v) is 9.20. The predicted molar refractivity (Wildman–Crippen MR) is 100 cm³/mol. The molecule has 0 unspecified atom stereocenters. The Bertz CT molecular complexity index is 1130. The molecule has 142 valence electrons. The van der Waals surface area contributed by atoms with Crippen molar-refractivity contribution in [2.24, 2.45) is 0 Å². The van der Waals surface area contributed by atoms with Crippen LogP contribution in [0.1, 0.15) is 17.8 Å². The molecule has 28 heavy (non-hydrogen) atoms. The van der Waals surface area contributed by atoms with Gasteiger partial charge < -0.3 is 0 Å². The summed E-state index contributed by atoms with van der Waals surface area (Å²) in [7, 11) is 0. The van der Waals surface area contributed by atoms with E-state index in [4.69, 9.17) is 0 Å². The molecule has 10 nitrogen and oxygen atoms in total. The second-order valence-electron chi connectivity index (χ2n) is 6.31. The monoisotopic (exact) mass is 398 g/mol. The molecule has 0 N–H and O–H groups in total. The number of nitro groups is 1. The molecule has 1 saturated heterocycles. The minimum atomic E-state index is -0.657. The zero-order chi connectivity index (χ0) is 20.0. The molecular formula is C17H14N6O4S. The van der Waals surface area contributed by atoms with Crippen LogP contribution in [0.2, 0.25) is 0 Å². The van der Waals surface area contributed by atoms with E-state index in [2.05, 4.69) is 15.2 Å². The highest BCUT2D eigenvalue weighted by Crippen LogP contribution is 2.34. The first-order chi connectivity index (χ1) is 13.3. The Kier molecular flexibility index (Phi) is 4.30. The van der Waals surface area contributed by atoms with Gasteiger partial charge in [-0.15, -0.1) is 10.2 Å². The van der Waals surface area contributed by atoms with Gasteiger partial charge in [0.1, 0.15) is 5.25 Å². The van der Waals surface area contributed by atoms with Gasteiger partial charge in [-0.1, -0.05) is 11.8 Å². The van der Waals surface area contributed by atoms with Gasteiger partial charge in [-0.3, -0.25) is 24.1 Å². The summed E-state index contributed by atoms with van der Waals surface area (Å²) < 4.78 is 1.74. The van der Waals surface area contributed by atoms with Gasteiger partial charge in [-0.25, -0.2) is 9.88 Å². The maximum absolute atomic E-state index is 12.8. The first kappa shape index (κ1) is 18.0. The number of carbonyl (C=O) groups excluding carboxylic acids is 2. The Morgan fingerprint density at radius 2 is 1.89 bits per heavy atom. The molecule has 2 aromatic heterocycles. The number of aromatic nitrogens is 4. The molecule has 0 radical (unpaired) electrons. The molecule has 1 aliphatic heterocycles. The Morgan fingerprint density at radius 1 is 1.18 bits per heavy atom. The third kappa shape index (κ3) is 2.99. The standard InChI is InChI=1S/C17H14N6O4S/c1-9-7-10(2)21-16(18-9)19-20-17(21)28-13-8-14(24)22(15(13)25)11-3-5-12(6-4-11)23(26)27/h3-7,13H,8H2,1-2H3/t13-/m0/s1. The Morgan fingerprint density at radius 3 is 2.57 bits per heavy atom. The van der Waals surface area contributed by atoms with Crippen LogP contribution in [0, 0.1) is 24.0 Å². The largest absolute Gasteiger partial charge is 0.274 e. The number of amides is 2. The third-order valence-electron chi connectivity index (χ3n) is 4.33. The molecule has 11 heteroatoms. The van der Waals surface area contributed by atoms with Crippen molar-refractivity contribution < 1.29 is 14.5 Å². The SMILES string of the molecule is Cc1cc(C)n2c(S[C@H]3CC(=O)N(c4ccc([N+](=O)[O-])cc4)C3=O)nnc2n1. The van der Waals surface area contributed by atoms with Crippen LogP contribution in [0.25, 0.3) is 5.78 Å². The van der Waals surface area contributed by atoms with Crippen LogP contribution >= 0.6 is 11.8 Å². The summed E-state index contributed by atoms with van der Waals surface area (Å²) in [5.74, 6) is -0.321. The predicted octanol–water partition coefficient (Wildman–Crippen LogP) is 2.07. The maximum Gasteiger partial charge on any atom is 0.269 e. The molecule has 1 aliphatic rings. The number of imide groups is 1. The lowest BCUT2D eigenvalue weighted by molar-refractivity contribution is -0.384. The van der Waals surface area contributed by atoms with E-state index in [1.54, 1.807) is 4.40 Å². The highest BCUT2D eigenvalue weighted by atomic mass is 32.2.